The number of benzene rings is 2. The number of carboxylic acids is 1. The molecule has 0 spiro atoms. The normalized spacial score (nSPS) is 10.1. The number of aryl methyl sites for hydroxylation is 1. The monoisotopic (exact) mass is 211 g/mol. The fourth-order valence-electron chi connectivity index (χ4n) is 1.70. The predicted octanol–water partition coefficient (Wildman–Crippen LogP) is 2.03. The Labute approximate surface area is 94.2 Å². The van der Waals surface area contributed by atoms with Crippen LogP contribution in [0.3, 0.4) is 0 Å². The van der Waals surface area contributed by atoms with Gasteiger partial charge in [-0.05, 0) is 23.6 Å². The predicted molar refractivity (Wildman–Crippen MR) is 60.9 cm³/mol. The van der Waals surface area contributed by atoms with Gasteiger partial charge in [-0.25, -0.2) is 0 Å². The van der Waals surface area contributed by atoms with E-state index in [-0.39, 0.29) is 5.56 Å². The molecule has 0 fully saturated rings. The minimum absolute atomic E-state index is 0.250. The minimum atomic E-state index is -1.13. The Morgan fingerprint density at radius 2 is 1.69 bits per heavy atom. The van der Waals surface area contributed by atoms with Crippen molar-refractivity contribution >= 4 is 5.97 Å². The van der Waals surface area contributed by atoms with Gasteiger partial charge >= 0.3 is 0 Å². The molecule has 0 heterocycles. The van der Waals surface area contributed by atoms with Gasteiger partial charge in [-0.2, -0.15) is 0 Å². The van der Waals surface area contributed by atoms with Crippen molar-refractivity contribution in [2.75, 3.05) is 0 Å². The summed E-state index contributed by atoms with van der Waals surface area (Å²) in [6.07, 6.45) is 0. The van der Waals surface area contributed by atoms with E-state index >= 15 is 0 Å². The lowest BCUT2D eigenvalue weighted by Gasteiger charge is -2.09. The van der Waals surface area contributed by atoms with Crippen LogP contribution in [0.1, 0.15) is 15.9 Å². The van der Waals surface area contributed by atoms with E-state index in [0.29, 0.717) is 0 Å². The Balaban J connectivity index is 2.46. The molecule has 0 saturated carbocycles. The number of carbonyl (C=O) groups excluding carboxylic acids is 1. The molecule has 2 aromatic carbocycles. The summed E-state index contributed by atoms with van der Waals surface area (Å²) in [6, 6.07) is 15.1. The van der Waals surface area contributed by atoms with Crippen LogP contribution in [0.5, 0.6) is 0 Å². The van der Waals surface area contributed by atoms with Crippen LogP contribution in [0.25, 0.3) is 11.1 Å². The zero-order valence-corrected chi connectivity index (χ0v) is 8.94. The van der Waals surface area contributed by atoms with E-state index in [0.717, 1.165) is 16.7 Å². The average molecular weight is 211 g/mol. The van der Waals surface area contributed by atoms with Crippen molar-refractivity contribution < 1.29 is 9.90 Å². The molecular formula is C14H11O2-. The third-order valence-electron chi connectivity index (χ3n) is 2.55. The molecule has 2 heteroatoms. The largest absolute Gasteiger partial charge is 0.545 e. The third-order valence-corrected chi connectivity index (χ3v) is 2.55. The van der Waals surface area contributed by atoms with E-state index in [9.17, 15) is 9.90 Å². The number of rotatable bonds is 2. The summed E-state index contributed by atoms with van der Waals surface area (Å²) in [5, 5.41) is 10.8. The van der Waals surface area contributed by atoms with Crippen LogP contribution in [0, 0.1) is 6.92 Å². The third kappa shape index (κ3) is 1.96. The number of hydrogen-bond donors (Lipinski definition) is 0. The fraction of sp³-hybridized carbons (Fsp3) is 0.0714. The second kappa shape index (κ2) is 4.19. The van der Waals surface area contributed by atoms with E-state index in [1.807, 2.05) is 36.4 Å². The Bertz CT molecular complexity index is 516. The van der Waals surface area contributed by atoms with Crippen molar-refractivity contribution in [3.8, 4) is 11.1 Å². The highest BCUT2D eigenvalue weighted by molar-refractivity contribution is 5.88. The van der Waals surface area contributed by atoms with Gasteiger partial charge in [0.15, 0.2) is 0 Å². The lowest BCUT2D eigenvalue weighted by Crippen LogP contribution is -2.23. The summed E-state index contributed by atoms with van der Waals surface area (Å²) in [4.78, 5) is 10.8. The summed E-state index contributed by atoms with van der Waals surface area (Å²) in [5.41, 5.74) is 3.07. The molecular weight excluding hydrogens is 200 g/mol. The van der Waals surface area contributed by atoms with Crippen LogP contribution in [0.15, 0.2) is 48.5 Å². The van der Waals surface area contributed by atoms with Crippen LogP contribution in [-0.4, -0.2) is 5.97 Å². The lowest BCUT2D eigenvalue weighted by atomic mass is 10.00. The zero-order chi connectivity index (χ0) is 11.5. The standard InChI is InChI=1S/C14H12O2/c1-10-9-12(7-8-13(10)14(15)16)11-5-3-2-4-6-11/h2-9H,1H3,(H,15,16)/p-1. The van der Waals surface area contributed by atoms with Crippen molar-refractivity contribution in [3.63, 3.8) is 0 Å². The maximum Gasteiger partial charge on any atom is 0.0717 e. The van der Waals surface area contributed by atoms with Crippen LogP contribution in [0.2, 0.25) is 0 Å². The number of carbonyl (C=O) groups is 1. The van der Waals surface area contributed by atoms with Crippen molar-refractivity contribution in [2.24, 2.45) is 0 Å². The van der Waals surface area contributed by atoms with E-state index < -0.39 is 5.97 Å². The average Bonchev–Trinajstić information content (AvgIpc) is 2.29. The van der Waals surface area contributed by atoms with Gasteiger partial charge in [0.2, 0.25) is 0 Å². The van der Waals surface area contributed by atoms with E-state index in [2.05, 4.69) is 0 Å². The summed E-state index contributed by atoms with van der Waals surface area (Å²) in [6.45, 7) is 1.78. The molecule has 80 valence electrons. The molecule has 0 aliphatic rings. The van der Waals surface area contributed by atoms with Gasteiger partial charge in [0.1, 0.15) is 0 Å². The Morgan fingerprint density at radius 3 is 2.25 bits per heavy atom. The summed E-state index contributed by atoms with van der Waals surface area (Å²) < 4.78 is 0. The van der Waals surface area contributed by atoms with Crippen molar-refractivity contribution in [3.05, 3.63) is 59.7 Å². The Hall–Kier alpha value is -2.09. The summed E-state index contributed by atoms with van der Waals surface area (Å²) >= 11 is 0. The molecule has 0 saturated heterocycles. The molecule has 0 N–H and O–H groups in total. The van der Waals surface area contributed by atoms with Crippen LogP contribution in [0.4, 0.5) is 0 Å². The Morgan fingerprint density at radius 1 is 1.00 bits per heavy atom. The molecule has 0 bridgehead atoms. The smallest absolute Gasteiger partial charge is 0.0717 e. The maximum atomic E-state index is 10.8. The summed E-state index contributed by atoms with van der Waals surface area (Å²) in [5.74, 6) is -1.13. The lowest BCUT2D eigenvalue weighted by molar-refractivity contribution is -0.255. The van der Waals surface area contributed by atoms with E-state index in [4.69, 9.17) is 0 Å². The minimum Gasteiger partial charge on any atom is -0.545 e. The van der Waals surface area contributed by atoms with Crippen LogP contribution >= 0.6 is 0 Å². The molecule has 2 aromatic rings. The first-order valence-electron chi connectivity index (χ1n) is 5.06. The highest BCUT2D eigenvalue weighted by Gasteiger charge is 2.02. The molecule has 0 amide bonds. The molecule has 0 aromatic heterocycles. The molecule has 2 rings (SSSR count). The number of aromatic carboxylic acids is 1. The number of carboxylic acid groups (broad SMARTS) is 1. The first kappa shape index (κ1) is 10.4. The van der Waals surface area contributed by atoms with Gasteiger partial charge in [-0.1, -0.05) is 48.5 Å². The molecule has 0 aliphatic carbocycles. The molecule has 16 heavy (non-hydrogen) atoms. The van der Waals surface area contributed by atoms with Gasteiger partial charge in [-0.3, -0.25) is 0 Å². The number of hydrogen-bond acceptors (Lipinski definition) is 2. The van der Waals surface area contributed by atoms with Crippen molar-refractivity contribution in [1.29, 1.82) is 0 Å². The van der Waals surface area contributed by atoms with E-state index in [1.165, 1.54) is 0 Å². The molecule has 0 atom stereocenters. The highest BCUT2D eigenvalue weighted by Crippen LogP contribution is 2.21. The Kier molecular flexibility index (Phi) is 2.73. The van der Waals surface area contributed by atoms with Gasteiger partial charge < -0.3 is 9.90 Å². The first-order valence-corrected chi connectivity index (χ1v) is 5.06. The topological polar surface area (TPSA) is 40.1 Å². The maximum absolute atomic E-state index is 10.8. The quantitative estimate of drug-likeness (QED) is 0.762. The first-order chi connectivity index (χ1) is 7.68. The van der Waals surface area contributed by atoms with Crippen LogP contribution < -0.4 is 5.11 Å². The molecule has 0 unspecified atom stereocenters. The van der Waals surface area contributed by atoms with Gasteiger partial charge in [0, 0.05) is 5.56 Å². The molecule has 0 aliphatic heterocycles. The summed E-state index contributed by atoms with van der Waals surface area (Å²) in [7, 11) is 0. The van der Waals surface area contributed by atoms with Crippen LogP contribution in [-0.2, 0) is 0 Å². The van der Waals surface area contributed by atoms with E-state index in [1.54, 1.807) is 19.1 Å². The second-order valence-corrected chi connectivity index (χ2v) is 3.68. The van der Waals surface area contributed by atoms with Gasteiger partial charge in [-0.15, -0.1) is 0 Å². The second-order valence-electron chi connectivity index (χ2n) is 3.68. The van der Waals surface area contributed by atoms with Crippen molar-refractivity contribution in [1.82, 2.24) is 0 Å². The van der Waals surface area contributed by atoms with Gasteiger partial charge in [0.05, 0.1) is 5.97 Å². The fourth-order valence-corrected chi connectivity index (χ4v) is 1.70. The zero-order valence-electron chi connectivity index (χ0n) is 8.94. The molecule has 2 nitrogen and oxygen atoms in total. The molecule has 0 radical (unpaired) electrons. The SMILES string of the molecule is Cc1cc(-c2ccccc2)ccc1C(=O)[O-]. The van der Waals surface area contributed by atoms with Crippen molar-refractivity contribution in [2.45, 2.75) is 6.92 Å². The van der Waals surface area contributed by atoms with Gasteiger partial charge in [0.25, 0.3) is 0 Å². The highest BCUT2D eigenvalue weighted by atomic mass is 16.4.